The molecule has 0 aliphatic carbocycles. The number of carbonyl (C=O) groups is 2. The van der Waals surface area contributed by atoms with E-state index in [1.807, 2.05) is 60.7 Å². The van der Waals surface area contributed by atoms with Crippen molar-refractivity contribution in [2.75, 3.05) is 19.7 Å². The van der Waals surface area contributed by atoms with Crippen LogP contribution in [0.25, 0.3) is 0 Å². The van der Waals surface area contributed by atoms with Crippen molar-refractivity contribution in [3.8, 4) is 0 Å². The predicted molar refractivity (Wildman–Crippen MR) is 113 cm³/mol. The standard InChI is InChI=1S/C24H30N2O3/c1-18(2)22-16-26(21(17-27)15-20-11-7-4-8-12-20)24(29)23(28)25(22)14-13-19-9-5-3-6-10-19/h3-12,18,21-22,27H,13-17H2,1-2H3/t21-,22+/m0/s1. The van der Waals surface area contributed by atoms with Gasteiger partial charge in [0.1, 0.15) is 0 Å². The fourth-order valence-electron chi connectivity index (χ4n) is 3.99. The largest absolute Gasteiger partial charge is 0.394 e. The van der Waals surface area contributed by atoms with Gasteiger partial charge in [0.15, 0.2) is 0 Å². The van der Waals surface area contributed by atoms with Crippen molar-refractivity contribution in [2.24, 2.45) is 5.92 Å². The van der Waals surface area contributed by atoms with E-state index in [1.165, 1.54) is 0 Å². The van der Waals surface area contributed by atoms with Crippen LogP contribution < -0.4 is 0 Å². The second-order valence-corrected chi connectivity index (χ2v) is 8.03. The molecule has 1 heterocycles. The summed E-state index contributed by atoms with van der Waals surface area (Å²) < 4.78 is 0. The van der Waals surface area contributed by atoms with E-state index < -0.39 is 17.9 Å². The van der Waals surface area contributed by atoms with Crippen LogP contribution in [0.5, 0.6) is 0 Å². The molecule has 1 saturated heterocycles. The summed E-state index contributed by atoms with van der Waals surface area (Å²) in [6.07, 6.45) is 1.25. The van der Waals surface area contributed by atoms with Crippen molar-refractivity contribution in [3.05, 3.63) is 71.8 Å². The van der Waals surface area contributed by atoms with Crippen LogP contribution in [0.4, 0.5) is 0 Å². The number of carbonyl (C=O) groups excluding carboxylic acids is 2. The summed E-state index contributed by atoms with van der Waals surface area (Å²) >= 11 is 0. The van der Waals surface area contributed by atoms with Crippen molar-refractivity contribution in [3.63, 3.8) is 0 Å². The maximum absolute atomic E-state index is 13.0. The van der Waals surface area contributed by atoms with Crippen molar-refractivity contribution in [1.29, 1.82) is 0 Å². The number of amides is 2. The van der Waals surface area contributed by atoms with Crippen molar-refractivity contribution in [2.45, 2.75) is 38.8 Å². The number of aliphatic hydroxyl groups is 1. The molecule has 3 rings (SSSR count). The van der Waals surface area contributed by atoms with Crippen molar-refractivity contribution in [1.82, 2.24) is 9.80 Å². The molecule has 5 heteroatoms. The summed E-state index contributed by atoms with van der Waals surface area (Å²) in [5.74, 6) is -0.760. The smallest absolute Gasteiger partial charge is 0.312 e. The first-order valence-corrected chi connectivity index (χ1v) is 10.3. The first kappa shape index (κ1) is 21.1. The SMILES string of the molecule is CC(C)[C@H]1CN([C@H](CO)Cc2ccccc2)C(=O)C(=O)N1CCc1ccccc1. The van der Waals surface area contributed by atoms with Gasteiger partial charge < -0.3 is 14.9 Å². The Bertz CT molecular complexity index is 807. The minimum absolute atomic E-state index is 0.0614. The Morgan fingerprint density at radius 2 is 1.52 bits per heavy atom. The fourth-order valence-corrected chi connectivity index (χ4v) is 3.99. The van der Waals surface area contributed by atoms with Gasteiger partial charge in [-0.3, -0.25) is 9.59 Å². The van der Waals surface area contributed by atoms with Crippen LogP contribution >= 0.6 is 0 Å². The van der Waals surface area contributed by atoms with Gasteiger partial charge in [-0.2, -0.15) is 0 Å². The molecule has 2 aromatic carbocycles. The van der Waals surface area contributed by atoms with Gasteiger partial charge in [0, 0.05) is 13.1 Å². The van der Waals surface area contributed by atoms with Gasteiger partial charge in [0.2, 0.25) is 0 Å². The Labute approximate surface area is 172 Å². The minimum atomic E-state index is -0.509. The predicted octanol–water partition coefficient (Wildman–Crippen LogP) is 2.53. The van der Waals surface area contributed by atoms with Crippen molar-refractivity contribution >= 4 is 11.8 Å². The van der Waals surface area contributed by atoms with E-state index >= 15 is 0 Å². The molecule has 0 aromatic heterocycles. The van der Waals surface area contributed by atoms with Crippen LogP contribution in [0.3, 0.4) is 0 Å². The zero-order valence-corrected chi connectivity index (χ0v) is 17.2. The lowest BCUT2D eigenvalue weighted by Crippen LogP contribution is -2.64. The van der Waals surface area contributed by atoms with E-state index in [0.717, 1.165) is 17.5 Å². The molecule has 0 unspecified atom stereocenters. The first-order chi connectivity index (χ1) is 14.0. The maximum Gasteiger partial charge on any atom is 0.312 e. The molecule has 1 fully saturated rings. The molecule has 1 N–H and O–H groups in total. The van der Waals surface area contributed by atoms with Gasteiger partial charge in [-0.15, -0.1) is 0 Å². The average Bonchev–Trinajstić information content (AvgIpc) is 2.74. The third-order valence-electron chi connectivity index (χ3n) is 5.71. The van der Waals surface area contributed by atoms with Crippen LogP contribution in [0.15, 0.2) is 60.7 Å². The molecule has 0 bridgehead atoms. The van der Waals surface area contributed by atoms with E-state index in [2.05, 4.69) is 13.8 Å². The average molecular weight is 395 g/mol. The summed E-state index contributed by atoms with van der Waals surface area (Å²) in [6, 6.07) is 19.3. The molecule has 2 aromatic rings. The van der Waals surface area contributed by atoms with Crippen molar-refractivity contribution < 1.29 is 14.7 Å². The second-order valence-electron chi connectivity index (χ2n) is 8.03. The molecule has 1 aliphatic heterocycles. The monoisotopic (exact) mass is 394 g/mol. The highest BCUT2D eigenvalue weighted by Gasteiger charge is 2.42. The quantitative estimate of drug-likeness (QED) is 0.700. The molecule has 0 spiro atoms. The number of rotatable bonds is 8. The van der Waals surface area contributed by atoms with E-state index in [4.69, 9.17) is 0 Å². The maximum atomic E-state index is 13.0. The van der Waals surface area contributed by atoms with E-state index in [0.29, 0.717) is 19.5 Å². The van der Waals surface area contributed by atoms with Crippen LogP contribution in [0.2, 0.25) is 0 Å². The molecule has 5 nitrogen and oxygen atoms in total. The summed E-state index contributed by atoms with van der Waals surface area (Å²) in [5.41, 5.74) is 2.19. The van der Waals surface area contributed by atoms with Gasteiger partial charge in [0.25, 0.3) is 0 Å². The Morgan fingerprint density at radius 3 is 2.07 bits per heavy atom. The Balaban J connectivity index is 1.75. The minimum Gasteiger partial charge on any atom is -0.394 e. The number of hydrogen-bond donors (Lipinski definition) is 1. The second kappa shape index (κ2) is 9.70. The Kier molecular flexibility index (Phi) is 7.04. The van der Waals surface area contributed by atoms with E-state index in [9.17, 15) is 14.7 Å². The lowest BCUT2D eigenvalue weighted by Gasteiger charge is -2.45. The van der Waals surface area contributed by atoms with Crippen LogP contribution in [0, 0.1) is 5.92 Å². The molecule has 2 atom stereocenters. The molecule has 0 saturated carbocycles. The highest BCUT2D eigenvalue weighted by Crippen LogP contribution is 2.23. The van der Waals surface area contributed by atoms with Gasteiger partial charge in [-0.1, -0.05) is 74.5 Å². The molecule has 1 aliphatic rings. The van der Waals surface area contributed by atoms with Gasteiger partial charge in [-0.25, -0.2) is 0 Å². The first-order valence-electron chi connectivity index (χ1n) is 10.3. The third kappa shape index (κ3) is 5.04. The molecular formula is C24H30N2O3. The Morgan fingerprint density at radius 1 is 0.931 bits per heavy atom. The lowest BCUT2D eigenvalue weighted by molar-refractivity contribution is -0.162. The highest BCUT2D eigenvalue weighted by molar-refractivity contribution is 6.35. The number of piperazine rings is 1. The normalized spacial score (nSPS) is 18.4. The number of aliphatic hydroxyl groups excluding tert-OH is 1. The fraction of sp³-hybridized carbons (Fsp3) is 0.417. The van der Waals surface area contributed by atoms with Gasteiger partial charge in [-0.05, 0) is 29.9 Å². The van der Waals surface area contributed by atoms with Crippen LogP contribution in [0.1, 0.15) is 25.0 Å². The number of benzene rings is 2. The van der Waals surface area contributed by atoms with E-state index in [-0.39, 0.29) is 18.6 Å². The number of nitrogens with zero attached hydrogens (tertiary/aromatic N) is 2. The molecule has 29 heavy (non-hydrogen) atoms. The van der Waals surface area contributed by atoms with Gasteiger partial charge >= 0.3 is 11.8 Å². The van der Waals surface area contributed by atoms with Crippen LogP contribution in [-0.4, -0.2) is 58.5 Å². The summed E-state index contributed by atoms with van der Waals surface area (Å²) in [6.45, 7) is 4.96. The lowest BCUT2D eigenvalue weighted by atomic mass is 9.95. The third-order valence-corrected chi connectivity index (χ3v) is 5.71. The molecular weight excluding hydrogens is 364 g/mol. The number of hydrogen-bond acceptors (Lipinski definition) is 3. The van der Waals surface area contributed by atoms with E-state index in [1.54, 1.807) is 9.80 Å². The Hall–Kier alpha value is -2.66. The summed E-state index contributed by atoms with van der Waals surface area (Å²) in [4.78, 5) is 29.2. The molecule has 0 radical (unpaired) electrons. The molecule has 154 valence electrons. The summed E-state index contributed by atoms with van der Waals surface area (Å²) in [7, 11) is 0. The zero-order valence-electron chi connectivity index (χ0n) is 17.2. The van der Waals surface area contributed by atoms with Crippen LogP contribution in [-0.2, 0) is 22.4 Å². The zero-order chi connectivity index (χ0) is 20.8. The molecule has 2 amide bonds. The topological polar surface area (TPSA) is 60.9 Å². The van der Waals surface area contributed by atoms with Gasteiger partial charge in [0.05, 0.1) is 18.7 Å². The highest BCUT2D eigenvalue weighted by atomic mass is 16.3. The summed E-state index contributed by atoms with van der Waals surface area (Å²) in [5, 5.41) is 9.97.